The number of nitrogens with zero attached hydrogens (tertiary/aromatic N) is 1. The van der Waals surface area contributed by atoms with Gasteiger partial charge in [0, 0.05) is 42.8 Å². The predicted molar refractivity (Wildman–Crippen MR) is 110 cm³/mol. The number of aromatic nitrogens is 1. The third-order valence-corrected chi connectivity index (χ3v) is 5.73. The van der Waals surface area contributed by atoms with E-state index in [0.29, 0.717) is 18.5 Å². The third-order valence-electron chi connectivity index (χ3n) is 4.21. The van der Waals surface area contributed by atoms with Crippen LogP contribution in [0.1, 0.15) is 12.5 Å². The molecule has 5 nitrogen and oxygen atoms in total. The smallest absolute Gasteiger partial charge is 0.241 e. The number of hydrogen-bond donors (Lipinski definition) is 2. The summed E-state index contributed by atoms with van der Waals surface area (Å²) >= 11 is 0. The number of benzene rings is 2. The summed E-state index contributed by atoms with van der Waals surface area (Å²) < 4.78 is 40.8. The summed E-state index contributed by atoms with van der Waals surface area (Å²) in [5.41, 5.74) is 1.99. The van der Waals surface area contributed by atoms with Gasteiger partial charge in [0.1, 0.15) is 5.82 Å². The lowest BCUT2D eigenvalue weighted by Gasteiger charge is -2.10. The molecule has 0 aliphatic carbocycles. The number of nitrogens with one attached hydrogen (secondary N) is 2. The number of halogens is 1. The first-order chi connectivity index (χ1) is 13.5. The molecular weight excluding hydrogens is 377 g/mol. The Bertz CT molecular complexity index is 1080. The quantitative estimate of drug-likeness (QED) is 0.570. The summed E-state index contributed by atoms with van der Waals surface area (Å²) in [6.45, 7) is 3.33. The van der Waals surface area contributed by atoms with Gasteiger partial charge in [0.05, 0.1) is 4.90 Å². The van der Waals surface area contributed by atoms with E-state index in [1.807, 2.05) is 19.1 Å². The molecule has 1 aromatic heterocycles. The van der Waals surface area contributed by atoms with E-state index in [2.05, 4.69) is 15.0 Å². The predicted octanol–water partition coefficient (Wildman–Crippen LogP) is 3.35. The van der Waals surface area contributed by atoms with Crippen LogP contribution in [0.25, 0.3) is 16.8 Å². The van der Waals surface area contributed by atoms with E-state index in [1.54, 1.807) is 42.7 Å². The van der Waals surface area contributed by atoms with Crippen LogP contribution in [0, 0.1) is 5.82 Å². The topological polar surface area (TPSA) is 71.1 Å². The second kappa shape index (κ2) is 9.05. The van der Waals surface area contributed by atoms with Gasteiger partial charge < -0.3 is 5.32 Å². The maximum Gasteiger partial charge on any atom is 0.241 e. The van der Waals surface area contributed by atoms with Crippen molar-refractivity contribution >= 4 is 26.9 Å². The first kappa shape index (κ1) is 20.1. The Hall–Kier alpha value is -2.61. The van der Waals surface area contributed by atoms with Crippen molar-refractivity contribution in [2.45, 2.75) is 11.8 Å². The number of fused-ring (bicyclic) bond motifs is 1. The molecule has 2 N–H and O–H groups in total. The summed E-state index contributed by atoms with van der Waals surface area (Å²) in [6, 6.07) is 13.1. The standard InChI is InChI=1S/C21H22FN3O2S/c1-16(13-17-5-7-19(22)8-6-17)14-24-11-12-25-28(26,27)21-4-2-3-18-15-23-10-9-20(18)21/h2-10,13,15,24-25H,11-12,14H2,1H3/b16-13+. The van der Waals surface area contributed by atoms with Crippen molar-refractivity contribution in [3.63, 3.8) is 0 Å². The molecule has 0 aliphatic heterocycles. The fourth-order valence-electron chi connectivity index (χ4n) is 2.86. The Morgan fingerprint density at radius 3 is 2.68 bits per heavy atom. The summed E-state index contributed by atoms with van der Waals surface area (Å²) in [6.07, 6.45) is 5.19. The third kappa shape index (κ3) is 5.22. The Kier molecular flexibility index (Phi) is 6.51. The van der Waals surface area contributed by atoms with E-state index in [-0.39, 0.29) is 17.3 Å². The molecule has 0 spiro atoms. The van der Waals surface area contributed by atoms with E-state index in [4.69, 9.17) is 0 Å². The maximum atomic E-state index is 12.9. The van der Waals surface area contributed by atoms with Crippen molar-refractivity contribution in [3.05, 3.63) is 77.9 Å². The Morgan fingerprint density at radius 1 is 1.11 bits per heavy atom. The van der Waals surface area contributed by atoms with E-state index >= 15 is 0 Å². The molecule has 28 heavy (non-hydrogen) atoms. The summed E-state index contributed by atoms with van der Waals surface area (Å²) in [5.74, 6) is -0.261. The van der Waals surface area contributed by atoms with Gasteiger partial charge in [-0.25, -0.2) is 17.5 Å². The minimum atomic E-state index is -3.61. The summed E-state index contributed by atoms with van der Waals surface area (Å²) in [7, 11) is -3.61. The fourth-order valence-corrected chi connectivity index (χ4v) is 4.12. The van der Waals surface area contributed by atoms with Gasteiger partial charge in [0.2, 0.25) is 10.0 Å². The molecule has 0 radical (unpaired) electrons. The lowest BCUT2D eigenvalue weighted by Crippen LogP contribution is -2.32. The summed E-state index contributed by atoms with van der Waals surface area (Å²) in [4.78, 5) is 4.27. The van der Waals surface area contributed by atoms with Crippen LogP contribution >= 0.6 is 0 Å². The van der Waals surface area contributed by atoms with Gasteiger partial charge in [-0.2, -0.15) is 0 Å². The van der Waals surface area contributed by atoms with Crippen molar-refractivity contribution in [1.29, 1.82) is 0 Å². The van der Waals surface area contributed by atoms with Crippen LogP contribution in [0.4, 0.5) is 4.39 Å². The highest BCUT2D eigenvalue weighted by Crippen LogP contribution is 2.21. The van der Waals surface area contributed by atoms with Crippen molar-refractivity contribution in [1.82, 2.24) is 15.0 Å². The molecule has 0 fully saturated rings. The minimum absolute atomic E-state index is 0.250. The molecule has 3 rings (SSSR count). The zero-order valence-corrected chi connectivity index (χ0v) is 16.3. The highest BCUT2D eigenvalue weighted by Gasteiger charge is 2.16. The normalized spacial score (nSPS) is 12.4. The summed E-state index contributed by atoms with van der Waals surface area (Å²) in [5, 5.41) is 4.63. The Labute approximate surface area is 164 Å². The largest absolute Gasteiger partial charge is 0.312 e. The molecule has 3 aromatic rings. The van der Waals surface area contributed by atoms with E-state index in [0.717, 1.165) is 16.5 Å². The SMILES string of the molecule is C/C(=C\c1ccc(F)cc1)CNCCNS(=O)(=O)c1cccc2cnccc12. The average molecular weight is 399 g/mol. The van der Waals surface area contributed by atoms with Crippen LogP contribution in [-0.2, 0) is 10.0 Å². The molecule has 0 unspecified atom stereocenters. The van der Waals surface area contributed by atoms with Crippen LogP contribution in [-0.4, -0.2) is 33.0 Å². The Morgan fingerprint density at radius 2 is 1.89 bits per heavy atom. The second-order valence-electron chi connectivity index (χ2n) is 6.47. The molecule has 0 amide bonds. The zero-order chi connectivity index (χ0) is 20.0. The Balaban J connectivity index is 1.52. The fraction of sp³-hybridized carbons (Fsp3) is 0.190. The van der Waals surface area contributed by atoms with Gasteiger partial charge >= 0.3 is 0 Å². The number of pyridine rings is 1. The van der Waals surface area contributed by atoms with Crippen LogP contribution in [0.2, 0.25) is 0 Å². The van der Waals surface area contributed by atoms with Crippen LogP contribution < -0.4 is 10.0 Å². The van der Waals surface area contributed by atoms with E-state index in [1.165, 1.54) is 12.1 Å². The van der Waals surface area contributed by atoms with E-state index in [9.17, 15) is 12.8 Å². The first-order valence-corrected chi connectivity index (χ1v) is 10.4. The highest BCUT2D eigenvalue weighted by molar-refractivity contribution is 7.89. The molecule has 2 aromatic carbocycles. The van der Waals surface area contributed by atoms with Gasteiger partial charge in [0.15, 0.2) is 0 Å². The molecule has 0 atom stereocenters. The maximum absolute atomic E-state index is 12.9. The highest BCUT2D eigenvalue weighted by atomic mass is 32.2. The molecule has 0 aliphatic rings. The van der Waals surface area contributed by atoms with Gasteiger partial charge in [-0.3, -0.25) is 4.98 Å². The second-order valence-corrected chi connectivity index (χ2v) is 8.21. The molecule has 0 saturated heterocycles. The molecule has 146 valence electrons. The number of sulfonamides is 1. The molecule has 7 heteroatoms. The first-order valence-electron chi connectivity index (χ1n) is 8.91. The van der Waals surface area contributed by atoms with Crippen LogP contribution in [0.3, 0.4) is 0 Å². The average Bonchev–Trinajstić information content (AvgIpc) is 2.69. The van der Waals surface area contributed by atoms with Gasteiger partial charge in [0.25, 0.3) is 0 Å². The zero-order valence-electron chi connectivity index (χ0n) is 15.5. The van der Waals surface area contributed by atoms with Gasteiger partial charge in [-0.1, -0.05) is 35.9 Å². The molecule has 0 bridgehead atoms. The number of hydrogen-bond acceptors (Lipinski definition) is 4. The van der Waals surface area contributed by atoms with Gasteiger partial charge in [-0.05, 0) is 36.8 Å². The van der Waals surface area contributed by atoms with Crippen molar-refractivity contribution in [2.24, 2.45) is 0 Å². The minimum Gasteiger partial charge on any atom is -0.312 e. The van der Waals surface area contributed by atoms with Crippen molar-refractivity contribution in [3.8, 4) is 0 Å². The lowest BCUT2D eigenvalue weighted by molar-refractivity contribution is 0.579. The van der Waals surface area contributed by atoms with Crippen LogP contribution in [0.5, 0.6) is 0 Å². The lowest BCUT2D eigenvalue weighted by atomic mass is 10.1. The van der Waals surface area contributed by atoms with Crippen LogP contribution in [0.15, 0.2) is 71.4 Å². The molecular formula is C21H22FN3O2S. The molecule has 1 heterocycles. The van der Waals surface area contributed by atoms with Gasteiger partial charge in [-0.15, -0.1) is 0 Å². The monoisotopic (exact) mass is 399 g/mol. The molecule has 0 saturated carbocycles. The van der Waals surface area contributed by atoms with E-state index < -0.39 is 10.0 Å². The number of rotatable bonds is 8. The van der Waals surface area contributed by atoms with Crippen molar-refractivity contribution in [2.75, 3.05) is 19.6 Å². The van der Waals surface area contributed by atoms with Crippen molar-refractivity contribution < 1.29 is 12.8 Å².